The summed E-state index contributed by atoms with van der Waals surface area (Å²) in [5, 5.41) is 21.8. The van der Waals surface area contributed by atoms with Crippen LogP contribution in [-0.4, -0.2) is 56.3 Å². The van der Waals surface area contributed by atoms with Gasteiger partial charge in [0.1, 0.15) is 24.0 Å². The van der Waals surface area contributed by atoms with Crippen LogP contribution in [0.1, 0.15) is 20.1 Å². The number of carbonyl (C=O) groups is 1. The lowest BCUT2D eigenvalue weighted by Gasteiger charge is -2.25. The first-order chi connectivity index (χ1) is 15.4. The van der Waals surface area contributed by atoms with E-state index in [0.717, 1.165) is 23.8 Å². The predicted molar refractivity (Wildman–Crippen MR) is 112 cm³/mol. The number of alkyl halides is 1. The fraction of sp³-hybridized carbons (Fsp3) is 0.421. The first-order valence-electron chi connectivity index (χ1n) is 9.77. The second-order valence-electron chi connectivity index (χ2n) is 7.53. The maximum atomic E-state index is 15.3. The van der Waals surface area contributed by atoms with Crippen LogP contribution in [0.2, 0.25) is 0 Å². The summed E-state index contributed by atoms with van der Waals surface area (Å²) in [5.74, 6) is -1.23. The van der Waals surface area contributed by atoms with Crippen molar-refractivity contribution in [1.29, 1.82) is 0 Å². The standard InChI is InChI=1S/C19H23FN3O9P/c1-11(16(26)27)22-33(29,32-12-6-4-3-5-7-12)30-10-13-15(25)19(2,20)17(31-13)23-9-8-14(24)21-18(23)28/h3-9,11,13,15,17,25H,10H2,1-2H3,(H,22,29)(H,26,27)(H,21,24,28)/t11?,13-,15?,17+,19+,33?/m0/s1. The van der Waals surface area contributed by atoms with Crippen molar-refractivity contribution in [1.82, 2.24) is 14.6 Å². The Morgan fingerprint density at radius 2 is 2.03 bits per heavy atom. The Morgan fingerprint density at radius 3 is 2.64 bits per heavy atom. The van der Waals surface area contributed by atoms with E-state index >= 15 is 4.39 Å². The SMILES string of the molecule is CC(NP(=O)(OC[C@@H]1O[C@@H](n2ccc(=O)[nH]c2=O)[C@](C)(F)C1O)Oc1ccccc1)C(=O)O. The van der Waals surface area contributed by atoms with Crippen LogP contribution in [0, 0.1) is 0 Å². The number of aromatic amines is 1. The van der Waals surface area contributed by atoms with Crippen LogP contribution < -0.4 is 20.9 Å². The number of carboxylic acid groups (broad SMARTS) is 1. The third-order valence-electron chi connectivity index (χ3n) is 4.92. The number of aliphatic hydroxyl groups is 1. The van der Waals surface area contributed by atoms with E-state index in [4.69, 9.17) is 18.9 Å². The number of para-hydroxylation sites is 1. The van der Waals surface area contributed by atoms with Gasteiger partial charge in [-0.2, -0.15) is 5.09 Å². The predicted octanol–water partition coefficient (Wildman–Crippen LogP) is 0.789. The van der Waals surface area contributed by atoms with Gasteiger partial charge in [-0.05, 0) is 26.0 Å². The highest BCUT2D eigenvalue weighted by Crippen LogP contribution is 2.47. The van der Waals surface area contributed by atoms with Crippen molar-refractivity contribution in [3.63, 3.8) is 0 Å². The van der Waals surface area contributed by atoms with Gasteiger partial charge in [0.2, 0.25) is 0 Å². The van der Waals surface area contributed by atoms with Gasteiger partial charge >= 0.3 is 19.4 Å². The number of benzene rings is 1. The van der Waals surface area contributed by atoms with Crippen molar-refractivity contribution in [3.05, 3.63) is 63.4 Å². The third-order valence-corrected chi connectivity index (χ3v) is 6.56. The molecule has 1 aliphatic rings. The Bertz CT molecular complexity index is 1150. The molecule has 33 heavy (non-hydrogen) atoms. The van der Waals surface area contributed by atoms with Crippen LogP contribution in [0.15, 0.2) is 52.2 Å². The maximum absolute atomic E-state index is 15.3. The number of aliphatic carboxylic acids is 1. The molecule has 0 saturated carbocycles. The quantitative estimate of drug-likeness (QED) is 0.371. The summed E-state index contributed by atoms with van der Waals surface area (Å²) in [6.07, 6.45) is -3.87. The van der Waals surface area contributed by atoms with Crippen LogP contribution >= 0.6 is 7.75 Å². The van der Waals surface area contributed by atoms with Gasteiger partial charge in [0.15, 0.2) is 11.9 Å². The lowest BCUT2D eigenvalue weighted by atomic mass is 9.98. The van der Waals surface area contributed by atoms with Crippen molar-refractivity contribution in [2.45, 2.75) is 44.0 Å². The monoisotopic (exact) mass is 487 g/mol. The molecule has 1 aliphatic heterocycles. The summed E-state index contributed by atoms with van der Waals surface area (Å²) in [7, 11) is -4.34. The zero-order valence-corrected chi connectivity index (χ0v) is 18.5. The molecule has 0 amide bonds. The number of H-pyrrole nitrogens is 1. The number of hydrogen-bond acceptors (Lipinski definition) is 8. The molecule has 1 aromatic carbocycles. The van der Waals surface area contributed by atoms with Gasteiger partial charge in [0.05, 0.1) is 6.61 Å². The van der Waals surface area contributed by atoms with Crippen LogP contribution in [0.3, 0.4) is 0 Å². The van der Waals surface area contributed by atoms with E-state index in [1.807, 2.05) is 4.98 Å². The number of nitrogens with one attached hydrogen (secondary N) is 2. The number of aromatic nitrogens is 2. The fourth-order valence-electron chi connectivity index (χ4n) is 3.14. The summed E-state index contributed by atoms with van der Waals surface area (Å²) in [5.41, 5.74) is -4.16. The zero-order valence-electron chi connectivity index (χ0n) is 17.6. The second kappa shape index (κ2) is 9.57. The number of nitrogens with zero attached hydrogens (tertiary/aromatic N) is 1. The average Bonchev–Trinajstić information content (AvgIpc) is 2.96. The molecular weight excluding hydrogens is 464 g/mol. The van der Waals surface area contributed by atoms with Gasteiger partial charge in [-0.1, -0.05) is 18.2 Å². The molecule has 0 radical (unpaired) electrons. The summed E-state index contributed by atoms with van der Waals surface area (Å²) in [6.45, 7) is 1.52. The topological polar surface area (TPSA) is 169 Å². The minimum atomic E-state index is -4.34. The Morgan fingerprint density at radius 1 is 1.36 bits per heavy atom. The smallest absolute Gasteiger partial charge is 0.459 e. The molecular formula is C19H23FN3O9P. The third kappa shape index (κ3) is 5.57. The summed E-state index contributed by atoms with van der Waals surface area (Å²) < 4.78 is 45.4. The van der Waals surface area contributed by atoms with E-state index in [2.05, 4.69) is 5.09 Å². The van der Waals surface area contributed by atoms with E-state index in [1.54, 1.807) is 18.2 Å². The van der Waals surface area contributed by atoms with Crippen molar-refractivity contribution >= 4 is 13.7 Å². The van der Waals surface area contributed by atoms with Crippen molar-refractivity contribution in [2.24, 2.45) is 0 Å². The molecule has 0 bridgehead atoms. The lowest BCUT2D eigenvalue weighted by molar-refractivity contribution is -0.138. The molecule has 0 aliphatic carbocycles. The van der Waals surface area contributed by atoms with E-state index in [1.165, 1.54) is 19.1 Å². The molecule has 14 heteroatoms. The molecule has 3 unspecified atom stereocenters. The highest BCUT2D eigenvalue weighted by atomic mass is 31.2. The minimum Gasteiger partial charge on any atom is -0.480 e. The van der Waals surface area contributed by atoms with Gasteiger partial charge in [-0.25, -0.2) is 13.8 Å². The van der Waals surface area contributed by atoms with Gasteiger partial charge in [0.25, 0.3) is 5.56 Å². The van der Waals surface area contributed by atoms with Gasteiger partial charge < -0.3 is 19.5 Å². The highest BCUT2D eigenvalue weighted by molar-refractivity contribution is 7.52. The average molecular weight is 487 g/mol. The maximum Gasteiger partial charge on any atom is 0.459 e. The summed E-state index contributed by atoms with van der Waals surface area (Å²) >= 11 is 0. The number of hydrogen-bond donors (Lipinski definition) is 4. The second-order valence-corrected chi connectivity index (χ2v) is 9.22. The Labute approximate surface area is 186 Å². The van der Waals surface area contributed by atoms with E-state index in [9.17, 15) is 24.1 Å². The molecule has 3 rings (SSSR count). The number of aliphatic hydroxyl groups excluding tert-OH is 1. The normalized spacial score (nSPS) is 27.6. The molecule has 180 valence electrons. The fourth-order valence-corrected chi connectivity index (χ4v) is 4.64. The zero-order chi connectivity index (χ0) is 24.4. The molecule has 0 spiro atoms. The first-order valence-corrected chi connectivity index (χ1v) is 11.3. The molecule has 2 heterocycles. The van der Waals surface area contributed by atoms with Crippen molar-refractivity contribution in [2.75, 3.05) is 6.61 Å². The van der Waals surface area contributed by atoms with Gasteiger partial charge in [-0.15, -0.1) is 0 Å². The summed E-state index contributed by atoms with van der Waals surface area (Å²) in [6, 6.07) is 7.41. The Kier molecular flexibility index (Phi) is 7.20. The molecule has 1 aromatic heterocycles. The Hall–Kier alpha value is -2.83. The van der Waals surface area contributed by atoms with Gasteiger partial charge in [-0.3, -0.25) is 23.7 Å². The Balaban J connectivity index is 1.80. The number of rotatable bonds is 9. The first kappa shape index (κ1) is 24.8. The van der Waals surface area contributed by atoms with Crippen LogP contribution in [0.5, 0.6) is 5.75 Å². The molecule has 2 aromatic rings. The molecule has 1 saturated heterocycles. The van der Waals surface area contributed by atoms with Crippen molar-refractivity contribution in [3.8, 4) is 5.75 Å². The van der Waals surface area contributed by atoms with E-state index in [-0.39, 0.29) is 5.75 Å². The van der Waals surface area contributed by atoms with Crippen LogP contribution in [0.25, 0.3) is 0 Å². The minimum absolute atomic E-state index is 0.104. The largest absolute Gasteiger partial charge is 0.480 e. The van der Waals surface area contributed by atoms with E-state index in [0.29, 0.717) is 0 Å². The highest BCUT2D eigenvalue weighted by Gasteiger charge is 2.55. The lowest BCUT2D eigenvalue weighted by Crippen LogP contribution is -2.43. The van der Waals surface area contributed by atoms with Crippen LogP contribution in [-0.2, 0) is 18.6 Å². The van der Waals surface area contributed by atoms with Crippen molar-refractivity contribution < 1.29 is 37.7 Å². The van der Waals surface area contributed by atoms with E-state index < -0.39 is 61.7 Å². The van der Waals surface area contributed by atoms with Crippen LogP contribution in [0.4, 0.5) is 4.39 Å². The summed E-state index contributed by atoms with van der Waals surface area (Å²) in [4.78, 5) is 36.5. The molecule has 12 nitrogen and oxygen atoms in total. The number of carboxylic acids is 1. The number of ether oxygens (including phenoxy) is 1. The molecule has 4 N–H and O–H groups in total. The number of halogens is 1. The molecule has 1 fully saturated rings. The van der Waals surface area contributed by atoms with Gasteiger partial charge in [0, 0.05) is 12.3 Å². The molecule has 6 atom stereocenters.